The van der Waals surface area contributed by atoms with Crippen molar-refractivity contribution in [2.45, 2.75) is 128 Å². The molecule has 1 unspecified atom stereocenters. The summed E-state index contributed by atoms with van der Waals surface area (Å²) in [5.41, 5.74) is 0. The van der Waals surface area contributed by atoms with E-state index in [0.29, 0.717) is 19.4 Å². The van der Waals surface area contributed by atoms with E-state index < -0.39 is 15.4 Å². The van der Waals surface area contributed by atoms with Crippen LogP contribution in [0.1, 0.15) is 122 Å². The summed E-state index contributed by atoms with van der Waals surface area (Å²) in [5, 5.41) is 8.16. The van der Waals surface area contributed by atoms with Crippen LogP contribution in [0, 0.1) is 0 Å². The summed E-state index contributed by atoms with van der Waals surface area (Å²) >= 11 is 0. The van der Waals surface area contributed by atoms with Crippen LogP contribution in [0.3, 0.4) is 0 Å². The van der Waals surface area contributed by atoms with Gasteiger partial charge in [0.1, 0.15) is 0 Å². The predicted octanol–water partition coefficient (Wildman–Crippen LogP) is 6.28. The standard InChI is InChI=1S/C21H44O4S/c1-2-3-18-21(26(23,24)25)19-16-14-12-10-8-6-4-5-7-9-11-13-15-17-20-22/h21-22H,2-20H2,1H3,(H,23,24,25). The van der Waals surface area contributed by atoms with Gasteiger partial charge in [-0.3, -0.25) is 4.55 Å². The monoisotopic (exact) mass is 392 g/mol. The zero-order valence-electron chi connectivity index (χ0n) is 17.1. The van der Waals surface area contributed by atoms with Gasteiger partial charge in [0, 0.05) is 6.61 Å². The molecule has 0 heterocycles. The summed E-state index contributed by atoms with van der Waals surface area (Å²) < 4.78 is 32.0. The molecule has 5 heteroatoms. The molecule has 26 heavy (non-hydrogen) atoms. The zero-order chi connectivity index (χ0) is 19.5. The summed E-state index contributed by atoms with van der Waals surface area (Å²) in [5.74, 6) is 0. The molecule has 2 N–H and O–H groups in total. The molecule has 0 amide bonds. The highest BCUT2D eigenvalue weighted by Crippen LogP contribution is 2.18. The van der Waals surface area contributed by atoms with Crippen LogP contribution in [0.15, 0.2) is 0 Å². The number of aliphatic hydroxyl groups is 1. The average molecular weight is 393 g/mol. The van der Waals surface area contributed by atoms with E-state index in [1.165, 1.54) is 70.6 Å². The van der Waals surface area contributed by atoms with Gasteiger partial charge in [-0.05, 0) is 19.3 Å². The summed E-state index contributed by atoms with van der Waals surface area (Å²) in [7, 11) is -3.87. The highest BCUT2D eigenvalue weighted by molar-refractivity contribution is 7.86. The SMILES string of the molecule is CCCCC(CCCCCCCCCCCCCCCCO)S(=O)(=O)O. The van der Waals surface area contributed by atoms with Crippen molar-refractivity contribution in [3.63, 3.8) is 0 Å². The molecule has 0 aromatic heterocycles. The molecule has 1 atom stereocenters. The Kier molecular flexibility index (Phi) is 18.2. The Morgan fingerprint density at radius 3 is 1.31 bits per heavy atom. The van der Waals surface area contributed by atoms with Crippen LogP contribution >= 0.6 is 0 Å². The Morgan fingerprint density at radius 1 is 0.615 bits per heavy atom. The van der Waals surface area contributed by atoms with E-state index in [1.807, 2.05) is 6.92 Å². The van der Waals surface area contributed by atoms with Gasteiger partial charge in [0.2, 0.25) is 0 Å². The second kappa shape index (κ2) is 18.2. The van der Waals surface area contributed by atoms with Crippen molar-refractivity contribution in [2.75, 3.05) is 6.61 Å². The first-order valence-electron chi connectivity index (χ1n) is 11.1. The van der Waals surface area contributed by atoms with Crippen molar-refractivity contribution in [3.8, 4) is 0 Å². The van der Waals surface area contributed by atoms with Crippen molar-refractivity contribution in [1.82, 2.24) is 0 Å². The van der Waals surface area contributed by atoms with Gasteiger partial charge in [0.15, 0.2) is 0 Å². The molecule has 0 spiro atoms. The molecule has 158 valence electrons. The van der Waals surface area contributed by atoms with E-state index in [-0.39, 0.29) is 0 Å². The van der Waals surface area contributed by atoms with Gasteiger partial charge in [0.25, 0.3) is 10.1 Å². The lowest BCUT2D eigenvalue weighted by Crippen LogP contribution is -2.20. The number of hydrogen-bond acceptors (Lipinski definition) is 3. The van der Waals surface area contributed by atoms with Gasteiger partial charge in [0.05, 0.1) is 5.25 Å². The minimum atomic E-state index is -3.87. The largest absolute Gasteiger partial charge is 0.396 e. The van der Waals surface area contributed by atoms with Gasteiger partial charge in [-0.2, -0.15) is 8.42 Å². The molecule has 0 aliphatic rings. The van der Waals surface area contributed by atoms with Crippen molar-refractivity contribution in [3.05, 3.63) is 0 Å². The third kappa shape index (κ3) is 17.3. The van der Waals surface area contributed by atoms with Crippen LogP contribution < -0.4 is 0 Å². The van der Waals surface area contributed by atoms with E-state index >= 15 is 0 Å². The molecule has 0 bridgehead atoms. The molecular weight excluding hydrogens is 348 g/mol. The predicted molar refractivity (Wildman–Crippen MR) is 111 cm³/mol. The molecule has 0 aromatic carbocycles. The summed E-state index contributed by atoms with van der Waals surface area (Å²) in [6, 6.07) is 0. The second-order valence-corrected chi connectivity index (χ2v) is 9.44. The van der Waals surface area contributed by atoms with E-state index in [1.54, 1.807) is 0 Å². The Labute approximate surface area is 162 Å². The first kappa shape index (κ1) is 25.9. The van der Waals surface area contributed by atoms with E-state index in [9.17, 15) is 13.0 Å². The van der Waals surface area contributed by atoms with E-state index in [4.69, 9.17) is 5.11 Å². The maximum absolute atomic E-state index is 11.4. The van der Waals surface area contributed by atoms with Gasteiger partial charge in [-0.1, -0.05) is 103 Å². The van der Waals surface area contributed by atoms with E-state index in [2.05, 4.69) is 0 Å². The molecular formula is C21H44O4S. The maximum Gasteiger partial charge on any atom is 0.267 e. The smallest absolute Gasteiger partial charge is 0.267 e. The maximum atomic E-state index is 11.4. The molecule has 0 aliphatic carbocycles. The summed E-state index contributed by atoms with van der Waals surface area (Å²) in [6.07, 6.45) is 20.1. The molecule has 0 rings (SSSR count). The van der Waals surface area contributed by atoms with Crippen LogP contribution in [0.2, 0.25) is 0 Å². The third-order valence-corrected chi connectivity index (χ3v) is 6.55. The molecule has 0 aliphatic heterocycles. The third-order valence-electron chi connectivity index (χ3n) is 5.24. The molecule has 0 fully saturated rings. The van der Waals surface area contributed by atoms with Crippen LogP contribution in [0.25, 0.3) is 0 Å². The van der Waals surface area contributed by atoms with Crippen molar-refractivity contribution >= 4 is 10.1 Å². The molecule has 4 nitrogen and oxygen atoms in total. The highest BCUT2D eigenvalue weighted by atomic mass is 32.2. The average Bonchev–Trinajstić information content (AvgIpc) is 2.59. The van der Waals surface area contributed by atoms with Crippen molar-refractivity contribution in [1.29, 1.82) is 0 Å². The normalized spacial score (nSPS) is 13.2. The van der Waals surface area contributed by atoms with Gasteiger partial charge >= 0.3 is 0 Å². The van der Waals surface area contributed by atoms with Gasteiger partial charge < -0.3 is 5.11 Å². The van der Waals surface area contributed by atoms with Crippen LogP contribution in [-0.4, -0.2) is 29.9 Å². The summed E-state index contributed by atoms with van der Waals surface area (Å²) in [4.78, 5) is 0. The number of unbranched alkanes of at least 4 members (excludes halogenated alkanes) is 14. The Balaban J connectivity index is 3.37. The fourth-order valence-corrected chi connectivity index (χ4v) is 4.41. The first-order valence-corrected chi connectivity index (χ1v) is 12.6. The second-order valence-electron chi connectivity index (χ2n) is 7.74. The Hall–Kier alpha value is -0.130. The van der Waals surface area contributed by atoms with Crippen LogP contribution in [0.5, 0.6) is 0 Å². The minimum absolute atomic E-state index is 0.333. The lowest BCUT2D eigenvalue weighted by Gasteiger charge is -2.13. The number of hydrogen-bond donors (Lipinski definition) is 2. The Morgan fingerprint density at radius 2 is 0.962 bits per heavy atom. The lowest BCUT2D eigenvalue weighted by molar-refractivity contribution is 0.282. The highest BCUT2D eigenvalue weighted by Gasteiger charge is 2.21. The van der Waals surface area contributed by atoms with Crippen molar-refractivity contribution < 1.29 is 18.1 Å². The zero-order valence-corrected chi connectivity index (χ0v) is 17.9. The summed E-state index contributed by atoms with van der Waals surface area (Å²) in [6.45, 7) is 2.38. The topological polar surface area (TPSA) is 74.6 Å². The van der Waals surface area contributed by atoms with Gasteiger partial charge in [-0.15, -0.1) is 0 Å². The quantitative estimate of drug-likeness (QED) is 0.189. The lowest BCUT2D eigenvalue weighted by atomic mass is 10.0. The van der Waals surface area contributed by atoms with Crippen LogP contribution in [-0.2, 0) is 10.1 Å². The fourth-order valence-electron chi connectivity index (χ4n) is 3.48. The first-order chi connectivity index (χ1) is 12.5. The van der Waals surface area contributed by atoms with Gasteiger partial charge in [-0.25, -0.2) is 0 Å². The number of rotatable bonds is 20. The van der Waals surface area contributed by atoms with Crippen LogP contribution in [0.4, 0.5) is 0 Å². The number of aliphatic hydroxyl groups excluding tert-OH is 1. The minimum Gasteiger partial charge on any atom is -0.396 e. The molecule has 0 saturated carbocycles. The molecule has 0 aromatic rings. The Bertz CT molecular complexity index is 381. The van der Waals surface area contributed by atoms with Crippen molar-refractivity contribution in [2.24, 2.45) is 0 Å². The molecule has 0 radical (unpaired) electrons. The molecule has 0 saturated heterocycles. The fraction of sp³-hybridized carbons (Fsp3) is 1.00. The van der Waals surface area contributed by atoms with E-state index in [0.717, 1.165) is 32.1 Å².